The fourth-order valence-corrected chi connectivity index (χ4v) is 1.56. The highest BCUT2D eigenvalue weighted by molar-refractivity contribution is 7.06. The van der Waals surface area contributed by atoms with E-state index in [1.165, 1.54) is 18.6 Å². The number of hydrogen-bond acceptors (Lipinski definition) is 5. The predicted molar refractivity (Wildman–Crippen MR) is 49.4 cm³/mol. The van der Waals surface area contributed by atoms with Gasteiger partial charge >= 0.3 is 0 Å². The second kappa shape index (κ2) is 4.20. The van der Waals surface area contributed by atoms with Crippen molar-refractivity contribution in [1.82, 2.24) is 4.37 Å². The van der Waals surface area contributed by atoms with Crippen LogP contribution in [0.2, 0.25) is 0 Å². The molecule has 0 unspecified atom stereocenters. The van der Waals surface area contributed by atoms with Crippen LogP contribution in [0.3, 0.4) is 0 Å². The predicted octanol–water partition coefficient (Wildman–Crippen LogP) is 0.0269. The Morgan fingerprint density at radius 1 is 1.85 bits per heavy atom. The van der Waals surface area contributed by atoms with Gasteiger partial charge in [0.2, 0.25) is 11.8 Å². The van der Waals surface area contributed by atoms with E-state index in [-0.39, 0.29) is 12.5 Å². The number of aromatic nitrogens is 1. The summed E-state index contributed by atoms with van der Waals surface area (Å²) in [6.07, 6.45) is 0.130. The van der Waals surface area contributed by atoms with Gasteiger partial charge in [-0.25, -0.2) is 0 Å². The van der Waals surface area contributed by atoms with E-state index in [4.69, 9.17) is 16.2 Å². The molecule has 0 aromatic carbocycles. The topological polar surface area (TPSA) is 91.2 Å². The fraction of sp³-hybridized carbons (Fsp3) is 0.429. The lowest BCUT2D eigenvalue weighted by Gasteiger charge is -2.03. The molecule has 1 aromatic heterocycles. The molecule has 0 aliphatic rings. The zero-order valence-corrected chi connectivity index (χ0v) is 8.00. The number of ether oxygens (including phenoxy) is 1. The third-order valence-electron chi connectivity index (χ3n) is 1.50. The number of methoxy groups -OCH3 is 1. The molecular weight excluding hydrogens is 190 g/mol. The first-order chi connectivity index (χ1) is 6.13. The molecule has 4 N–H and O–H groups in total. The van der Waals surface area contributed by atoms with Crippen LogP contribution < -0.4 is 16.2 Å². The van der Waals surface area contributed by atoms with Crippen molar-refractivity contribution in [3.63, 3.8) is 0 Å². The molecular formula is C7H11N3O2S. The summed E-state index contributed by atoms with van der Waals surface area (Å²) in [6.45, 7) is 0. The molecule has 13 heavy (non-hydrogen) atoms. The molecule has 0 saturated heterocycles. The lowest BCUT2D eigenvalue weighted by molar-refractivity contribution is -0.118. The summed E-state index contributed by atoms with van der Waals surface area (Å²) >= 11 is 1.22. The number of carbonyl (C=O) groups is 1. The third kappa shape index (κ3) is 2.67. The minimum atomic E-state index is -0.417. The first-order valence-corrected chi connectivity index (χ1v) is 4.45. The van der Waals surface area contributed by atoms with Gasteiger partial charge in [0.15, 0.2) is 0 Å². The highest BCUT2D eigenvalue weighted by Gasteiger charge is 2.12. The Morgan fingerprint density at radius 3 is 3.00 bits per heavy atom. The van der Waals surface area contributed by atoms with Crippen molar-refractivity contribution in [3.05, 3.63) is 10.9 Å². The number of nitrogens with zero attached hydrogens (tertiary/aromatic N) is 1. The minimum absolute atomic E-state index is 0.130. The van der Waals surface area contributed by atoms with E-state index in [1.807, 2.05) is 0 Å². The van der Waals surface area contributed by atoms with E-state index >= 15 is 0 Å². The Hall–Kier alpha value is -1.14. The molecule has 1 aromatic rings. The highest BCUT2D eigenvalue weighted by atomic mass is 32.1. The van der Waals surface area contributed by atoms with Crippen LogP contribution in [0.25, 0.3) is 0 Å². The number of nitrogens with two attached hydrogens (primary N) is 2. The molecule has 0 fully saturated rings. The summed E-state index contributed by atoms with van der Waals surface area (Å²) in [5.41, 5.74) is 10.7. The van der Waals surface area contributed by atoms with Crippen LogP contribution in [0.4, 0.5) is 0 Å². The standard InChI is InChI=1S/C7H11N3O2S/c1-12-7-3-5(13-10-7)4(8)2-6(9)11/h3-4H,2,8H2,1H3,(H2,9,11)/t4-/m1/s1. The van der Waals surface area contributed by atoms with Crippen LogP contribution >= 0.6 is 11.5 Å². The molecule has 0 saturated carbocycles. The zero-order valence-electron chi connectivity index (χ0n) is 7.19. The van der Waals surface area contributed by atoms with Gasteiger partial charge in [0.25, 0.3) is 0 Å². The first-order valence-electron chi connectivity index (χ1n) is 3.68. The van der Waals surface area contributed by atoms with Crippen molar-refractivity contribution in [2.75, 3.05) is 7.11 Å². The summed E-state index contributed by atoms with van der Waals surface area (Å²) in [5, 5.41) is 0. The lowest BCUT2D eigenvalue weighted by Crippen LogP contribution is -2.19. The minimum Gasteiger partial charge on any atom is -0.480 e. The van der Waals surface area contributed by atoms with Crippen LogP contribution in [0.15, 0.2) is 6.07 Å². The lowest BCUT2D eigenvalue weighted by atomic mass is 10.2. The average molecular weight is 201 g/mol. The number of amides is 1. The van der Waals surface area contributed by atoms with E-state index < -0.39 is 5.91 Å². The van der Waals surface area contributed by atoms with Crippen LogP contribution in [0, 0.1) is 0 Å². The second-order valence-electron chi connectivity index (χ2n) is 2.55. The van der Waals surface area contributed by atoms with E-state index in [0.29, 0.717) is 5.88 Å². The molecule has 0 spiro atoms. The largest absolute Gasteiger partial charge is 0.480 e. The molecule has 0 aliphatic carbocycles. The normalized spacial score (nSPS) is 12.5. The van der Waals surface area contributed by atoms with Crippen molar-refractivity contribution in [2.45, 2.75) is 12.5 Å². The summed E-state index contributed by atoms with van der Waals surface area (Å²) in [7, 11) is 1.53. The van der Waals surface area contributed by atoms with E-state index in [9.17, 15) is 4.79 Å². The Morgan fingerprint density at radius 2 is 2.54 bits per heavy atom. The average Bonchev–Trinajstić information content (AvgIpc) is 2.50. The molecule has 0 radical (unpaired) electrons. The van der Waals surface area contributed by atoms with Gasteiger partial charge < -0.3 is 16.2 Å². The maximum absolute atomic E-state index is 10.6. The van der Waals surface area contributed by atoms with E-state index in [1.54, 1.807) is 6.07 Å². The van der Waals surface area contributed by atoms with Gasteiger partial charge in [-0.3, -0.25) is 4.79 Å². The number of rotatable bonds is 4. The van der Waals surface area contributed by atoms with Crippen molar-refractivity contribution in [1.29, 1.82) is 0 Å². The van der Waals surface area contributed by atoms with Gasteiger partial charge in [0.05, 0.1) is 7.11 Å². The first kappa shape index (κ1) is 9.94. The number of hydrogen-bond donors (Lipinski definition) is 2. The zero-order chi connectivity index (χ0) is 9.84. The summed E-state index contributed by atoms with van der Waals surface area (Å²) in [4.78, 5) is 11.4. The SMILES string of the molecule is COc1cc([C@H](N)CC(N)=O)sn1. The van der Waals surface area contributed by atoms with Gasteiger partial charge in [-0.2, -0.15) is 4.37 Å². The molecule has 1 atom stereocenters. The van der Waals surface area contributed by atoms with E-state index in [2.05, 4.69) is 4.37 Å². The molecule has 1 amide bonds. The Balaban J connectivity index is 2.65. The van der Waals surface area contributed by atoms with E-state index in [0.717, 1.165) is 4.88 Å². The summed E-state index contributed by atoms with van der Waals surface area (Å²) in [6, 6.07) is 1.33. The van der Waals surface area contributed by atoms with Crippen LogP contribution in [-0.2, 0) is 4.79 Å². The van der Waals surface area contributed by atoms with Gasteiger partial charge in [-0.05, 0) is 11.5 Å². The Kier molecular flexibility index (Phi) is 3.21. The summed E-state index contributed by atoms with van der Waals surface area (Å²) in [5.74, 6) is 0.0970. The van der Waals surface area contributed by atoms with Gasteiger partial charge in [-0.15, -0.1) is 0 Å². The maximum atomic E-state index is 10.6. The fourth-order valence-electron chi connectivity index (χ4n) is 0.860. The molecule has 5 nitrogen and oxygen atoms in total. The molecule has 72 valence electrons. The number of carbonyl (C=O) groups excluding carboxylic acids is 1. The van der Waals surface area contributed by atoms with Crippen molar-refractivity contribution in [2.24, 2.45) is 11.5 Å². The number of primary amides is 1. The van der Waals surface area contributed by atoms with Gasteiger partial charge in [0.1, 0.15) is 0 Å². The van der Waals surface area contributed by atoms with Gasteiger partial charge in [-0.1, -0.05) is 0 Å². The van der Waals surface area contributed by atoms with Gasteiger partial charge in [0, 0.05) is 23.4 Å². The van der Waals surface area contributed by atoms with Crippen LogP contribution in [-0.4, -0.2) is 17.4 Å². The molecule has 1 heterocycles. The van der Waals surface area contributed by atoms with Crippen LogP contribution in [0.1, 0.15) is 17.3 Å². The van der Waals surface area contributed by atoms with Crippen molar-refractivity contribution >= 4 is 17.4 Å². The maximum Gasteiger partial charge on any atom is 0.225 e. The molecule has 0 aliphatic heterocycles. The highest BCUT2D eigenvalue weighted by Crippen LogP contribution is 2.23. The molecule has 1 rings (SSSR count). The smallest absolute Gasteiger partial charge is 0.225 e. The van der Waals surface area contributed by atoms with Crippen LogP contribution in [0.5, 0.6) is 5.88 Å². The Bertz CT molecular complexity index is 300. The second-order valence-corrected chi connectivity index (χ2v) is 3.39. The molecule has 6 heteroatoms. The van der Waals surface area contributed by atoms with Crippen molar-refractivity contribution in [3.8, 4) is 5.88 Å². The molecule has 0 bridgehead atoms. The third-order valence-corrected chi connectivity index (χ3v) is 2.41. The summed E-state index contributed by atoms with van der Waals surface area (Å²) < 4.78 is 8.83. The Labute approximate surface area is 79.8 Å². The monoisotopic (exact) mass is 201 g/mol. The van der Waals surface area contributed by atoms with Crippen molar-refractivity contribution < 1.29 is 9.53 Å². The quantitative estimate of drug-likeness (QED) is 0.718.